The van der Waals surface area contributed by atoms with Crippen molar-refractivity contribution < 1.29 is 19.0 Å². The van der Waals surface area contributed by atoms with Crippen molar-refractivity contribution in [2.24, 2.45) is 5.73 Å². The summed E-state index contributed by atoms with van der Waals surface area (Å²) in [6, 6.07) is 4.99. The zero-order valence-electron chi connectivity index (χ0n) is 11.8. The second-order valence-corrected chi connectivity index (χ2v) is 4.46. The molecule has 1 aromatic carbocycles. The van der Waals surface area contributed by atoms with Crippen molar-refractivity contribution in [3.05, 3.63) is 23.8 Å². The van der Waals surface area contributed by atoms with Crippen LogP contribution in [0.15, 0.2) is 18.2 Å². The van der Waals surface area contributed by atoms with Crippen molar-refractivity contribution in [3.63, 3.8) is 0 Å². The summed E-state index contributed by atoms with van der Waals surface area (Å²) in [6.07, 6.45) is 0.188. The quantitative estimate of drug-likeness (QED) is 0.799. The number of hydrogen-bond acceptors (Lipinski definition) is 5. The predicted molar refractivity (Wildman–Crippen MR) is 72.3 cm³/mol. The zero-order valence-corrected chi connectivity index (χ0v) is 11.8. The lowest BCUT2D eigenvalue weighted by Crippen LogP contribution is -2.16. The van der Waals surface area contributed by atoms with E-state index in [2.05, 4.69) is 4.74 Å². The van der Waals surface area contributed by atoms with Crippen LogP contribution in [0.2, 0.25) is 0 Å². The molecule has 0 aliphatic carbocycles. The van der Waals surface area contributed by atoms with Crippen molar-refractivity contribution in [2.45, 2.75) is 32.4 Å². The molecular weight excluding hydrogens is 246 g/mol. The molecule has 0 radical (unpaired) electrons. The third-order valence-corrected chi connectivity index (χ3v) is 2.59. The summed E-state index contributed by atoms with van der Waals surface area (Å²) in [6.45, 7) is 3.88. The fourth-order valence-corrected chi connectivity index (χ4v) is 1.65. The first-order valence-corrected chi connectivity index (χ1v) is 6.15. The molecule has 0 amide bonds. The number of nitrogens with two attached hydrogens (primary N) is 1. The highest BCUT2D eigenvalue weighted by Gasteiger charge is 2.15. The predicted octanol–water partition coefficient (Wildman–Crippen LogP) is 2.05. The molecule has 0 aliphatic rings. The normalized spacial score (nSPS) is 12.1. The lowest BCUT2D eigenvalue weighted by molar-refractivity contribution is -0.141. The summed E-state index contributed by atoms with van der Waals surface area (Å²) in [5.74, 6) is 0.923. The molecule has 1 unspecified atom stereocenters. The summed E-state index contributed by atoms with van der Waals surface area (Å²) in [5, 5.41) is 0. The van der Waals surface area contributed by atoms with Gasteiger partial charge in [-0.25, -0.2) is 0 Å². The highest BCUT2D eigenvalue weighted by molar-refractivity contribution is 5.70. The van der Waals surface area contributed by atoms with Crippen LogP contribution in [-0.4, -0.2) is 26.3 Å². The maximum Gasteiger partial charge on any atom is 0.307 e. The van der Waals surface area contributed by atoms with E-state index in [-0.39, 0.29) is 18.5 Å². The van der Waals surface area contributed by atoms with Gasteiger partial charge in [0, 0.05) is 6.04 Å². The average Bonchev–Trinajstić information content (AvgIpc) is 2.38. The number of rotatable bonds is 6. The van der Waals surface area contributed by atoms with E-state index in [0.29, 0.717) is 11.5 Å². The monoisotopic (exact) mass is 267 g/mol. The van der Waals surface area contributed by atoms with E-state index in [1.807, 2.05) is 19.9 Å². The van der Waals surface area contributed by atoms with Crippen LogP contribution in [0.3, 0.4) is 0 Å². The van der Waals surface area contributed by atoms with Crippen molar-refractivity contribution in [1.29, 1.82) is 0 Å². The standard InChI is InChI=1S/C14H21NO4/c1-9(2)19-12-6-5-10(7-13(12)17-3)11(15)8-14(16)18-4/h5-7,9,11H,8,15H2,1-4H3. The van der Waals surface area contributed by atoms with E-state index in [0.717, 1.165) is 5.56 Å². The second kappa shape index (κ2) is 6.99. The molecule has 0 heterocycles. The Hall–Kier alpha value is -1.75. The van der Waals surface area contributed by atoms with E-state index in [1.165, 1.54) is 7.11 Å². The van der Waals surface area contributed by atoms with Gasteiger partial charge in [-0.15, -0.1) is 0 Å². The van der Waals surface area contributed by atoms with Crippen LogP contribution < -0.4 is 15.2 Å². The Balaban J connectivity index is 2.89. The van der Waals surface area contributed by atoms with E-state index in [9.17, 15) is 4.79 Å². The van der Waals surface area contributed by atoms with Gasteiger partial charge in [-0.3, -0.25) is 4.79 Å². The fraction of sp³-hybridized carbons (Fsp3) is 0.500. The van der Waals surface area contributed by atoms with E-state index < -0.39 is 6.04 Å². The van der Waals surface area contributed by atoms with Gasteiger partial charge in [-0.2, -0.15) is 0 Å². The lowest BCUT2D eigenvalue weighted by Gasteiger charge is -2.16. The van der Waals surface area contributed by atoms with Gasteiger partial charge >= 0.3 is 5.97 Å². The molecule has 5 nitrogen and oxygen atoms in total. The molecule has 1 rings (SSSR count). The van der Waals surface area contributed by atoms with Gasteiger partial charge in [0.05, 0.1) is 26.7 Å². The molecule has 1 aromatic rings. The maximum absolute atomic E-state index is 11.2. The number of ether oxygens (including phenoxy) is 3. The average molecular weight is 267 g/mol. The molecule has 0 saturated carbocycles. The van der Waals surface area contributed by atoms with Crippen LogP contribution in [0.1, 0.15) is 31.9 Å². The SMILES string of the molecule is COC(=O)CC(N)c1ccc(OC(C)C)c(OC)c1. The molecule has 2 N–H and O–H groups in total. The van der Waals surface area contributed by atoms with Crippen molar-refractivity contribution in [3.8, 4) is 11.5 Å². The van der Waals surface area contributed by atoms with Gasteiger partial charge in [0.15, 0.2) is 11.5 Å². The fourth-order valence-electron chi connectivity index (χ4n) is 1.65. The molecule has 0 saturated heterocycles. The topological polar surface area (TPSA) is 70.8 Å². The van der Waals surface area contributed by atoms with Crippen LogP contribution in [-0.2, 0) is 9.53 Å². The number of methoxy groups -OCH3 is 2. The first kappa shape index (κ1) is 15.3. The third kappa shape index (κ3) is 4.44. The summed E-state index contributed by atoms with van der Waals surface area (Å²) in [7, 11) is 2.91. The van der Waals surface area contributed by atoms with E-state index in [4.69, 9.17) is 15.2 Å². The van der Waals surface area contributed by atoms with Crippen LogP contribution in [0.4, 0.5) is 0 Å². The Morgan fingerprint density at radius 1 is 1.26 bits per heavy atom. The number of hydrogen-bond donors (Lipinski definition) is 1. The molecule has 19 heavy (non-hydrogen) atoms. The van der Waals surface area contributed by atoms with E-state index in [1.54, 1.807) is 19.2 Å². The van der Waals surface area contributed by atoms with Gasteiger partial charge in [0.1, 0.15) is 0 Å². The summed E-state index contributed by atoms with van der Waals surface area (Å²) >= 11 is 0. The Morgan fingerprint density at radius 2 is 1.95 bits per heavy atom. The second-order valence-electron chi connectivity index (χ2n) is 4.46. The Bertz CT molecular complexity index is 431. The Morgan fingerprint density at radius 3 is 2.47 bits per heavy atom. The zero-order chi connectivity index (χ0) is 14.4. The highest BCUT2D eigenvalue weighted by atomic mass is 16.5. The van der Waals surface area contributed by atoms with Gasteiger partial charge < -0.3 is 19.9 Å². The van der Waals surface area contributed by atoms with E-state index >= 15 is 0 Å². The first-order valence-electron chi connectivity index (χ1n) is 6.15. The molecule has 0 spiro atoms. The number of benzene rings is 1. The Kier molecular flexibility index (Phi) is 5.63. The van der Waals surface area contributed by atoms with Gasteiger partial charge in [-0.05, 0) is 31.5 Å². The van der Waals surface area contributed by atoms with Crippen LogP contribution in [0.5, 0.6) is 11.5 Å². The molecular formula is C14H21NO4. The van der Waals surface area contributed by atoms with Crippen LogP contribution >= 0.6 is 0 Å². The van der Waals surface area contributed by atoms with Crippen molar-refractivity contribution in [1.82, 2.24) is 0 Å². The molecule has 0 fully saturated rings. The van der Waals surface area contributed by atoms with Gasteiger partial charge in [0.2, 0.25) is 0 Å². The smallest absolute Gasteiger partial charge is 0.307 e. The summed E-state index contributed by atoms with van der Waals surface area (Å²) in [5.41, 5.74) is 6.75. The largest absolute Gasteiger partial charge is 0.493 e. The molecule has 5 heteroatoms. The minimum absolute atomic E-state index is 0.0588. The minimum Gasteiger partial charge on any atom is -0.493 e. The summed E-state index contributed by atoms with van der Waals surface area (Å²) < 4.78 is 15.5. The molecule has 1 atom stereocenters. The number of carbonyl (C=O) groups is 1. The highest BCUT2D eigenvalue weighted by Crippen LogP contribution is 2.31. The van der Waals surface area contributed by atoms with Gasteiger partial charge in [-0.1, -0.05) is 6.07 Å². The van der Waals surface area contributed by atoms with Crippen molar-refractivity contribution in [2.75, 3.05) is 14.2 Å². The molecule has 0 aliphatic heterocycles. The van der Waals surface area contributed by atoms with Gasteiger partial charge in [0.25, 0.3) is 0 Å². The van der Waals surface area contributed by atoms with Crippen LogP contribution in [0.25, 0.3) is 0 Å². The molecule has 0 aromatic heterocycles. The molecule has 106 valence electrons. The summed E-state index contributed by atoms with van der Waals surface area (Å²) in [4.78, 5) is 11.2. The van der Waals surface area contributed by atoms with Crippen molar-refractivity contribution >= 4 is 5.97 Å². The number of carbonyl (C=O) groups excluding carboxylic acids is 1. The number of esters is 1. The maximum atomic E-state index is 11.2. The third-order valence-electron chi connectivity index (χ3n) is 2.59. The lowest BCUT2D eigenvalue weighted by atomic mass is 10.0. The van der Waals surface area contributed by atoms with Crippen LogP contribution in [0, 0.1) is 0 Å². The Labute approximate surface area is 113 Å². The minimum atomic E-state index is -0.422. The first-order chi connectivity index (χ1) is 8.97. The molecule has 0 bridgehead atoms.